The van der Waals surface area contributed by atoms with Gasteiger partial charge >= 0.3 is 0 Å². The fraction of sp³-hybridized carbons (Fsp3) is 0.308. The van der Waals surface area contributed by atoms with Crippen molar-refractivity contribution in [1.82, 2.24) is 19.7 Å². The largest absolute Gasteiger partial charge is 0.343 e. The summed E-state index contributed by atoms with van der Waals surface area (Å²) in [7, 11) is 0. The predicted octanol–water partition coefficient (Wildman–Crippen LogP) is 3.62. The van der Waals surface area contributed by atoms with Crippen molar-refractivity contribution in [1.29, 1.82) is 0 Å². The Bertz CT molecular complexity index is 721. The molecule has 1 unspecified atom stereocenters. The maximum atomic E-state index is 6.22. The second-order valence-electron chi connectivity index (χ2n) is 4.44. The summed E-state index contributed by atoms with van der Waals surface area (Å²) in [5.41, 5.74) is 1.73. The van der Waals surface area contributed by atoms with E-state index >= 15 is 0 Å². The van der Waals surface area contributed by atoms with Crippen molar-refractivity contribution in [2.24, 2.45) is 0 Å². The summed E-state index contributed by atoms with van der Waals surface area (Å²) in [5, 5.41) is 4.23. The van der Waals surface area contributed by atoms with E-state index in [-0.39, 0.29) is 5.38 Å². The average Bonchev–Trinajstić information content (AvgIpc) is 3.03. The number of hydrogen-bond donors (Lipinski definition) is 0. The van der Waals surface area contributed by atoms with E-state index in [9.17, 15) is 0 Å². The summed E-state index contributed by atoms with van der Waals surface area (Å²) in [4.78, 5) is 8.56. The molecule has 0 saturated heterocycles. The molecule has 0 aliphatic carbocycles. The molecule has 3 rings (SSSR count). The van der Waals surface area contributed by atoms with Gasteiger partial charge in [-0.2, -0.15) is 4.98 Å². The van der Waals surface area contributed by atoms with E-state index < -0.39 is 0 Å². The zero-order valence-corrected chi connectivity index (χ0v) is 12.3. The van der Waals surface area contributed by atoms with Crippen LogP contribution in [0.1, 0.15) is 23.9 Å². The maximum absolute atomic E-state index is 6.22. The monoisotopic (exact) mass is 310 g/mol. The van der Waals surface area contributed by atoms with Gasteiger partial charge in [0.25, 0.3) is 0 Å². The molecule has 1 atom stereocenters. The molecular weight excluding hydrogens is 299 g/mol. The lowest BCUT2D eigenvalue weighted by Crippen LogP contribution is -2.07. The van der Waals surface area contributed by atoms with Crippen molar-refractivity contribution in [2.45, 2.75) is 25.3 Å². The molecule has 2 aromatic heterocycles. The number of nitrogens with zero attached hydrogens (tertiary/aromatic N) is 4. The molecule has 7 heteroatoms. The average molecular weight is 311 g/mol. The Morgan fingerprint density at radius 2 is 2.25 bits per heavy atom. The highest BCUT2D eigenvalue weighted by Gasteiger charge is 2.16. The van der Waals surface area contributed by atoms with E-state index in [0.29, 0.717) is 23.8 Å². The van der Waals surface area contributed by atoms with Crippen LogP contribution in [-0.4, -0.2) is 19.7 Å². The molecule has 1 aromatic carbocycles. The van der Waals surface area contributed by atoms with E-state index in [1.165, 1.54) is 6.39 Å². The molecule has 0 amide bonds. The van der Waals surface area contributed by atoms with Gasteiger partial charge in [0.05, 0.1) is 15.9 Å². The number of fused-ring (bicyclic) bond motifs is 1. The van der Waals surface area contributed by atoms with E-state index in [2.05, 4.69) is 19.7 Å². The number of aromatic nitrogens is 4. The van der Waals surface area contributed by atoms with Crippen LogP contribution < -0.4 is 0 Å². The van der Waals surface area contributed by atoms with Gasteiger partial charge in [-0.3, -0.25) is 0 Å². The minimum atomic E-state index is -0.205. The molecule has 0 spiro atoms. The molecule has 0 saturated carbocycles. The first-order valence-corrected chi connectivity index (χ1v) is 7.02. The van der Waals surface area contributed by atoms with Gasteiger partial charge in [-0.1, -0.05) is 22.8 Å². The highest BCUT2D eigenvalue weighted by Crippen LogP contribution is 2.28. The number of imidazole rings is 1. The molecule has 5 nitrogen and oxygen atoms in total. The molecule has 0 bridgehead atoms. The summed E-state index contributed by atoms with van der Waals surface area (Å²) in [6.07, 6.45) is 1.97. The van der Waals surface area contributed by atoms with Gasteiger partial charge in [-0.05, 0) is 19.1 Å². The Kier molecular flexibility index (Phi) is 3.63. The van der Waals surface area contributed by atoms with Crippen molar-refractivity contribution in [3.63, 3.8) is 0 Å². The molecule has 104 valence electrons. The number of para-hydroxylation sites is 1. The summed E-state index contributed by atoms with van der Waals surface area (Å²) in [6.45, 7) is 2.56. The summed E-state index contributed by atoms with van der Waals surface area (Å²) in [6, 6.07) is 5.70. The highest BCUT2D eigenvalue weighted by atomic mass is 35.5. The molecule has 20 heavy (non-hydrogen) atoms. The summed E-state index contributed by atoms with van der Waals surface area (Å²) >= 11 is 12.4. The number of hydrogen-bond acceptors (Lipinski definition) is 4. The molecular formula is C13H12Cl2N4O. The van der Waals surface area contributed by atoms with E-state index in [4.69, 9.17) is 27.7 Å². The van der Waals surface area contributed by atoms with Crippen LogP contribution in [0.25, 0.3) is 11.0 Å². The maximum Gasteiger partial charge on any atom is 0.213 e. The Morgan fingerprint density at radius 1 is 1.40 bits per heavy atom. The van der Waals surface area contributed by atoms with Crippen LogP contribution in [0, 0.1) is 0 Å². The van der Waals surface area contributed by atoms with E-state index in [1.54, 1.807) is 0 Å². The third-order valence-electron chi connectivity index (χ3n) is 3.08. The Hall–Kier alpha value is -1.59. The molecule has 3 aromatic rings. The topological polar surface area (TPSA) is 56.7 Å². The van der Waals surface area contributed by atoms with Crippen molar-refractivity contribution in [3.8, 4) is 0 Å². The lowest BCUT2D eigenvalue weighted by Gasteiger charge is -2.09. The van der Waals surface area contributed by atoms with Crippen molar-refractivity contribution in [2.75, 3.05) is 0 Å². The molecule has 0 N–H and O–H groups in total. The van der Waals surface area contributed by atoms with Crippen LogP contribution in [0.15, 0.2) is 29.1 Å². The second-order valence-corrected chi connectivity index (χ2v) is 5.50. The summed E-state index contributed by atoms with van der Waals surface area (Å²) in [5.74, 6) is 1.44. The van der Waals surface area contributed by atoms with Gasteiger partial charge in [-0.15, -0.1) is 11.6 Å². The zero-order valence-electron chi connectivity index (χ0n) is 10.8. The first-order chi connectivity index (χ1) is 9.66. The van der Waals surface area contributed by atoms with Crippen molar-refractivity contribution < 1.29 is 4.52 Å². The zero-order chi connectivity index (χ0) is 14.1. The third kappa shape index (κ3) is 2.39. The lowest BCUT2D eigenvalue weighted by atomic mass is 10.3. The minimum Gasteiger partial charge on any atom is -0.343 e. The number of benzene rings is 1. The Balaban J connectivity index is 2.02. The van der Waals surface area contributed by atoms with Gasteiger partial charge in [0.2, 0.25) is 6.39 Å². The molecule has 2 heterocycles. The highest BCUT2D eigenvalue weighted by molar-refractivity contribution is 6.35. The van der Waals surface area contributed by atoms with Gasteiger partial charge in [-0.25, -0.2) is 4.98 Å². The van der Waals surface area contributed by atoms with Gasteiger partial charge in [0, 0.05) is 13.0 Å². The number of alkyl halides is 1. The predicted molar refractivity (Wildman–Crippen MR) is 77.0 cm³/mol. The summed E-state index contributed by atoms with van der Waals surface area (Å²) < 4.78 is 6.79. The van der Waals surface area contributed by atoms with Crippen molar-refractivity contribution >= 4 is 34.2 Å². The molecule has 0 aliphatic rings. The van der Waals surface area contributed by atoms with Crippen LogP contribution in [0.4, 0.5) is 0 Å². The van der Waals surface area contributed by atoms with Crippen LogP contribution in [0.3, 0.4) is 0 Å². The minimum absolute atomic E-state index is 0.205. The quantitative estimate of drug-likeness (QED) is 0.691. The Labute approximate surface area is 125 Å². The molecule has 0 aliphatic heterocycles. The Morgan fingerprint density at radius 3 is 2.95 bits per heavy atom. The molecule has 0 radical (unpaired) electrons. The normalized spacial score (nSPS) is 12.9. The fourth-order valence-corrected chi connectivity index (χ4v) is 2.56. The second kappa shape index (κ2) is 5.42. The van der Waals surface area contributed by atoms with Crippen molar-refractivity contribution in [3.05, 3.63) is 41.3 Å². The van der Waals surface area contributed by atoms with E-state index in [1.807, 2.05) is 25.1 Å². The lowest BCUT2D eigenvalue weighted by molar-refractivity contribution is 0.408. The SMILES string of the molecule is CC(Cl)c1nc2c(Cl)cccc2n1CCc1ncon1. The fourth-order valence-electron chi connectivity index (χ4n) is 2.18. The van der Waals surface area contributed by atoms with Crippen LogP contribution in [0.5, 0.6) is 0 Å². The first kappa shape index (κ1) is 13.4. The van der Waals surface area contributed by atoms with Crippen LogP contribution in [0.2, 0.25) is 5.02 Å². The number of halogens is 2. The van der Waals surface area contributed by atoms with Crippen LogP contribution >= 0.6 is 23.2 Å². The third-order valence-corrected chi connectivity index (χ3v) is 3.58. The van der Waals surface area contributed by atoms with Gasteiger partial charge < -0.3 is 9.09 Å². The number of aryl methyl sites for hydroxylation is 2. The first-order valence-electron chi connectivity index (χ1n) is 6.21. The van der Waals surface area contributed by atoms with Crippen LogP contribution in [-0.2, 0) is 13.0 Å². The van der Waals surface area contributed by atoms with E-state index in [0.717, 1.165) is 16.9 Å². The smallest absolute Gasteiger partial charge is 0.213 e. The molecule has 0 fully saturated rings. The standard InChI is InChI=1S/C13H12Cl2N4O/c1-8(14)13-17-12-9(15)3-2-4-10(12)19(13)6-5-11-16-7-20-18-11/h2-4,7-8H,5-6H2,1H3. The number of rotatable bonds is 4. The van der Waals surface area contributed by atoms with Gasteiger partial charge in [0.1, 0.15) is 11.3 Å². The van der Waals surface area contributed by atoms with Gasteiger partial charge in [0.15, 0.2) is 5.82 Å².